The molecule has 1 aliphatic heterocycles. The molecule has 0 radical (unpaired) electrons. The molecule has 0 saturated carbocycles. The fourth-order valence-corrected chi connectivity index (χ4v) is 4.08. The third kappa shape index (κ3) is 3.59. The van der Waals surface area contributed by atoms with E-state index in [2.05, 4.69) is 0 Å². The van der Waals surface area contributed by atoms with Gasteiger partial charge in [-0.3, -0.25) is 4.79 Å². The molecular formula is C15H21NO5S. The Labute approximate surface area is 131 Å². The second-order valence-electron chi connectivity index (χ2n) is 5.13. The fourth-order valence-electron chi connectivity index (χ4n) is 2.52. The third-order valence-electron chi connectivity index (χ3n) is 3.68. The zero-order valence-electron chi connectivity index (χ0n) is 12.8. The van der Waals surface area contributed by atoms with Crippen LogP contribution < -0.4 is 4.74 Å². The molecule has 7 heteroatoms. The number of carbonyl (C=O) groups is 1. The van der Waals surface area contributed by atoms with Crippen molar-refractivity contribution in [2.75, 3.05) is 26.8 Å². The molecule has 22 heavy (non-hydrogen) atoms. The molecule has 1 aromatic rings. The molecule has 0 aliphatic carbocycles. The minimum absolute atomic E-state index is 0.165. The highest BCUT2D eigenvalue weighted by atomic mass is 32.2. The van der Waals surface area contributed by atoms with E-state index in [1.165, 1.54) is 23.5 Å². The molecule has 1 atom stereocenters. The van der Waals surface area contributed by atoms with Gasteiger partial charge in [0, 0.05) is 19.2 Å². The molecule has 0 bridgehead atoms. The molecule has 0 unspecified atom stereocenters. The van der Waals surface area contributed by atoms with Crippen LogP contribution in [0.1, 0.15) is 19.8 Å². The van der Waals surface area contributed by atoms with Gasteiger partial charge in [0.1, 0.15) is 5.75 Å². The number of ether oxygens (including phenoxy) is 2. The van der Waals surface area contributed by atoms with Crippen LogP contribution in [0.2, 0.25) is 0 Å². The Hall–Kier alpha value is -1.60. The van der Waals surface area contributed by atoms with Crippen LogP contribution in [0, 0.1) is 5.92 Å². The molecule has 0 N–H and O–H groups in total. The van der Waals surface area contributed by atoms with E-state index in [-0.39, 0.29) is 17.4 Å². The van der Waals surface area contributed by atoms with E-state index in [0.717, 1.165) is 0 Å². The monoisotopic (exact) mass is 327 g/mol. The summed E-state index contributed by atoms with van der Waals surface area (Å²) >= 11 is 0. The van der Waals surface area contributed by atoms with Crippen molar-refractivity contribution in [2.24, 2.45) is 5.92 Å². The van der Waals surface area contributed by atoms with E-state index >= 15 is 0 Å². The van der Waals surface area contributed by atoms with E-state index in [1.54, 1.807) is 19.1 Å². The highest BCUT2D eigenvalue weighted by molar-refractivity contribution is 7.89. The van der Waals surface area contributed by atoms with E-state index < -0.39 is 15.9 Å². The lowest BCUT2D eigenvalue weighted by atomic mass is 10.0. The number of piperidine rings is 1. The lowest BCUT2D eigenvalue weighted by Gasteiger charge is -2.30. The first-order chi connectivity index (χ1) is 10.5. The van der Waals surface area contributed by atoms with Gasteiger partial charge in [-0.25, -0.2) is 8.42 Å². The average molecular weight is 327 g/mol. The molecule has 2 rings (SSSR count). The molecule has 1 aromatic carbocycles. The maximum Gasteiger partial charge on any atom is 0.310 e. The van der Waals surface area contributed by atoms with E-state index in [1.807, 2.05) is 0 Å². The molecular weight excluding hydrogens is 306 g/mol. The number of hydrogen-bond donors (Lipinski definition) is 0. The highest BCUT2D eigenvalue weighted by Gasteiger charge is 2.34. The van der Waals surface area contributed by atoms with Gasteiger partial charge in [0.15, 0.2) is 0 Å². The Morgan fingerprint density at radius 1 is 1.41 bits per heavy atom. The number of esters is 1. The number of methoxy groups -OCH3 is 1. The largest absolute Gasteiger partial charge is 0.497 e. The van der Waals surface area contributed by atoms with E-state index in [0.29, 0.717) is 31.7 Å². The molecule has 6 nitrogen and oxygen atoms in total. The van der Waals surface area contributed by atoms with Crippen LogP contribution in [0.4, 0.5) is 0 Å². The van der Waals surface area contributed by atoms with Crippen LogP contribution in [0.15, 0.2) is 29.2 Å². The van der Waals surface area contributed by atoms with Crippen molar-refractivity contribution in [3.63, 3.8) is 0 Å². The second-order valence-corrected chi connectivity index (χ2v) is 7.07. The van der Waals surface area contributed by atoms with Crippen LogP contribution in [0.5, 0.6) is 5.75 Å². The van der Waals surface area contributed by atoms with Crippen molar-refractivity contribution < 1.29 is 22.7 Å². The summed E-state index contributed by atoms with van der Waals surface area (Å²) in [6.45, 7) is 2.62. The summed E-state index contributed by atoms with van der Waals surface area (Å²) in [4.78, 5) is 12.0. The Balaban J connectivity index is 2.19. The first-order valence-corrected chi connectivity index (χ1v) is 8.74. The predicted molar refractivity (Wildman–Crippen MR) is 81.1 cm³/mol. The number of hydrogen-bond acceptors (Lipinski definition) is 5. The van der Waals surface area contributed by atoms with Crippen LogP contribution in [-0.2, 0) is 19.6 Å². The number of sulfonamides is 1. The zero-order valence-corrected chi connectivity index (χ0v) is 13.6. The lowest BCUT2D eigenvalue weighted by molar-refractivity contribution is -0.149. The second kappa shape index (κ2) is 7.11. The lowest BCUT2D eigenvalue weighted by Crippen LogP contribution is -2.42. The highest BCUT2D eigenvalue weighted by Crippen LogP contribution is 2.26. The predicted octanol–water partition coefficient (Wildman–Crippen LogP) is 1.66. The van der Waals surface area contributed by atoms with Crippen molar-refractivity contribution in [3.05, 3.63) is 24.3 Å². The quantitative estimate of drug-likeness (QED) is 0.769. The Morgan fingerprint density at radius 2 is 2.18 bits per heavy atom. The van der Waals surface area contributed by atoms with Crippen LogP contribution in [0.25, 0.3) is 0 Å². The topological polar surface area (TPSA) is 72.9 Å². The van der Waals surface area contributed by atoms with Gasteiger partial charge in [0.25, 0.3) is 0 Å². The summed E-state index contributed by atoms with van der Waals surface area (Å²) in [5, 5.41) is 0. The van der Waals surface area contributed by atoms with Crippen molar-refractivity contribution >= 4 is 16.0 Å². The normalized spacial score (nSPS) is 19.6. The number of benzene rings is 1. The molecule has 122 valence electrons. The van der Waals surface area contributed by atoms with Gasteiger partial charge in [-0.2, -0.15) is 4.31 Å². The molecule has 1 saturated heterocycles. The number of rotatable bonds is 5. The van der Waals surface area contributed by atoms with Gasteiger partial charge in [-0.05, 0) is 31.9 Å². The summed E-state index contributed by atoms with van der Waals surface area (Å²) in [7, 11) is -2.14. The summed E-state index contributed by atoms with van der Waals surface area (Å²) < 4.78 is 36.8. The SMILES string of the molecule is CCOC(=O)[C@@H]1CCCN(S(=O)(=O)c2cccc(OC)c2)C1. The summed E-state index contributed by atoms with van der Waals surface area (Å²) in [6.07, 6.45) is 1.30. The van der Waals surface area contributed by atoms with Crippen LogP contribution in [0.3, 0.4) is 0 Å². The minimum Gasteiger partial charge on any atom is -0.497 e. The zero-order chi connectivity index (χ0) is 16.2. The van der Waals surface area contributed by atoms with Crippen molar-refractivity contribution in [1.29, 1.82) is 0 Å². The summed E-state index contributed by atoms with van der Waals surface area (Å²) in [5.41, 5.74) is 0. The van der Waals surface area contributed by atoms with Gasteiger partial charge in [0.05, 0.1) is 24.5 Å². The van der Waals surface area contributed by atoms with Crippen LogP contribution >= 0.6 is 0 Å². The van der Waals surface area contributed by atoms with Crippen molar-refractivity contribution in [1.82, 2.24) is 4.31 Å². The molecule has 1 aliphatic rings. The number of nitrogens with zero attached hydrogens (tertiary/aromatic N) is 1. The Kier molecular flexibility index (Phi) is 5.42. The van der Waals surface area contributed by atoms with Crippen molar-refractivity contribution in [2.45, 2.75) is 24.7 Å². The maximum absolute atomic E-state index is 12.7. The van der Waals surface area contributed by atoms with Crippen LogP contribution in [-0.4, -0.2) is 45.5 Å². The molecule has 0 spiro atoms. The summed E-state index contributed by atoms with van der Waals surface area (Å²) in [5.74, 6) is -0.234. The first kappa shape index (κ1) is 16.8. The minimum atomic E-state index is -3.63. The average Bonchev–Trinajstić information content (AvgIpc) is 2.55. The third-order valence-corrected chi connectivity index (χ3v) is 5.54. The molecule has 1 fully saturated rings. The molecule has 0 aromatic heterocycles. The van der Waals surface area contributed by atoms with E-state index in [9.17, 15) is 13.2 Å². The van der Waals surface area contributed by atoms with Gasteiger partial charge in [-0.1, -0.05) is 6.07 Å². The summed E-state index contributed by atoms with van der Waals surface area (Å²) in [6, 6.07) is 6.35. The van der Waals surface area contributed by atoms with Gasteiger partial charge in [0.2, 0.25) is 10.0 Å². The Morgan fingerprint density at radius 3 is 2.86 bits per heavy atom. The van der Waals surface area contributed by atoms with Gasteiger partial charge < -0.3 is 9.47 Å². The standard InChI is InChI=1S/C15H21NO5S/c1-3-21-15(17)12-6-5-9-16(11-12)22(18,19)14-8-4-7-13(10-14)20-2/h4,7-8,10,12H,3,5-6,9,11H2,1-2H3/t12-/m1/s1. The van der Waals surface area contributed by atoms with E-state index in [4.69, 9.17) is 9.47 Å². The van der Waals surface area contributed by atoms with Crippen molar-refractivity contribution in [3.8, 4) is 5.75 Å². The van der Waals surface area contributed by atoms with Gasteiger partial charge in [-0.15, -0.1) is 0 Å². The maximum atomic E-state index is 12.7. The smallest absolute Gasteiger partial charge is 0.310 e. The molecule has 1 heterocycles. The Bertz CT molecular complexity index is 629. The number of carbonyl (C=O) groups excluding carboxylic acids is 1. The fraction of sp³-hybridized carbons (Fsp3) is 0.533. The first-order valence-electron chi connectivity index (χ1n) is 7.30. The molecule has 0 amide bonds. The van der Waals surface area contributed by atoms with Gasteiger partial charge >= 0.3 is 5.97 Å².